The third-order valence-corrected chi connectivity index (χ3v) is 5.65. The average Bonchev–Trinajstić information content (AvgIpc) is 3.17. The van der Waals surface area contributed by atoms with Gasteiger partial charge in [-0.2, -0.15) is 0 Å². The molecular formula is C20H29IN4OS. The SMILES string of the molecule is CN=C(NCc1nc(-c2ccccc2)cs1)N(C)CCC1CCOCC1.I. The first kappa shape index (κ1) is 22.1. The van der Waals surface area contributed by atoms with Gasteiger partial charge in [0.05, 0.1) is 12.2 Å². The molecule has 0 unspecified atom stereocenters. The van der Waals surface area contributed by atoms with Crippen molar-refractivity contribution in [3.05, 3.63) is 40.7 Å². The van der Waals surface area contributed by atoms with E-state index in [1.54, 1.807) is 11.3 Å². The van der Waals surface area contributed by atoms with Crippen molar-refractivity contribution >= 4 is 41.3 Å². The number of nitrogens with one attached hydrogen (secondary N) is 1. The summed E-state index contributed by atoms with van der Waals surface area (Å²) in [7, 11) is 3.94. The van der Waals surface area contributed by atoms with Crippen molar-refractivity contribution < 1.29 is 4.74 Å². The van der Waals surface area contributed by atoms with Gasteiger partial charge < -0.3 is 15.0 Å². The molecule has 1 aromatic carbocycles. The molecule has 1 saturated heterocycles. The van der Waals surface area contributed by atoms with Gasteiger partial charge in [-0.1, -0.05) is 30.3 Å². The highest BCUT2D eigenvalue weighted by atomic mass is 127. The monoisotopic (exact) mass is 500 g/mol. The molecule has 1 aliphatic rings. The predicted octanol–water partition coefficient (Wildman–Crippen LogP) is 4.25. The van der Waals surface area contributed by atoms with Crippen molar-refractivity contribution in [2.24, 2.45) is 10.9 Å². The molecule has 2 heterocycles. The highest BCUT2D eigenvalue weighted by Crippen LogP contribution is 2.21. The molecule has 7 heteroatoms. The lowest BCUT2D eigenvalue weighted by Gasteiger charge is -2.26. The molecule has 0 radical (unpaired) electrons. The van der Waals surface area contributed by atoms with Crippen LogP contribution in [0.5, 0.6) is 0 Å². The average molecular weight is 500 g/mol. The summed E-state index contributed by atoms with van der Waals surface area (Å²) in [6.45, 7) is 3.54. The van der Waals surface area contributed by atoms with E-state index in [1.165, 1.54) is 19.3 Å². The van der Waals surface area contributed by atoms with Crippen molar-refractivity contribution in [2.75, 3.05) is 33.9 Å². The number of aliphatic imine (C=N–C) groups is 1. The maximum atomic E-state index is 5.44. The molecule has 0 bridgehead atoms. The molecule has 0 saturated carbocycles. The van der Waals surface area contributed by atoms with Gasteiger partial charge in [0.25, 0.3) is 0 Å². The molecule has 0 spiro atoms. The minimum Gasteiger partial charge on any atom is -0.381 e. The number of aromatic nitrogens is 1. The Morgan fingerprint density at radius 1 is 1.30 bits per heavy atom. The number of hydrogen-bond acceptors (Lipinski definition) is 4. The molecule has 1 N–H and O–H groups in total. The Morgan fingerprint density at radius 3 is 2.74 bits per heavy atom. The van der Waals surface area contributed by atoms with Crippen molar-refractivity contribution in [3.8, 4) is 11.3 Å². The van der Waals surface area contributed by atoms with Gasteiger partial charge >= 0.3 is 0 Å². The zero-order chi connectivity index (χ0) is 18.2. The Bertz CT molecular complexity index is 701. The zero-order valence-corrected chi connectivity index (χ0v) is 19.2. The third kappa shape index (κ3) is 6.73. The second-order valence-electron chi connectivity index (χ2n) is 6.66. The van der Waals surface area contributed by atoms with E-state index in [0.717, 1.165) is 47.9 Å². The Balaban J connectivity index is 0.00000261. The summed E-state index contributed by atoms with van der Waals surface area (Å²) in [6, 6.07) is 10.3. The minimum absolute atomic E-state index is 0. The van der Waals surface area contributed by atoms with Gasteiger partial charge in [-0.05, 0) is 25.2 Å². The topological polar surface area (TPSA) is 49.8 Å². The van der Waals surface area contributed by atoms with Gasteiger partial charge in [0.2, 0.25) is 0 Å². The van der Waals surface area contributed by atoms with Gasteiger partial charge in [0.15, 0.2) is 5.96 Å². The standard InChI is InChI=1S/C20H28N4OS.HI/c1-21-20(24(2)11-8-16-9-12-25-13-10-16)22-14-19-23-18(15-26-19)17-6-4-3-5-7-17;/h3-7,15-16H,8-14H2,1-2H3,(H,21,22);1H. The largest absolute Gasteiger partial charge is 0.381 e. The van der Waals surface area contributed by atoms with E-state index in [2.05, 4.69) is 39.8 Å². The van der Waals surface area contributed by atoms with Crippen LogP contribution in [-0.4, -0.2) is 49.7 Å². The number of benzene rings is 1. The number of halogens is 1. The van der Waals surface area contributed by atoms with Crippen LogP contribution < -0.4 is 5.32 Å². The van der Waals surface area contributed by atoms with Crippen LogP contribution in [0.2, 0.25) is 0 Å². The summed E-state index contributed by atoms with van der Waals surface area (Å²) in [4.78, 5) is 11.4. The van der Waals surface area contributed by atoms with E-state index in [0.29, 0.717) is 6.54 Å². The van der Waals surface area contributed by atoms with Gasteiger partial charge in [0, 0.05) is 44.8 Å². The molecular weight excluding hydrogens is 471 g/mol. The summed E-state index contributed by atoms with van der Waals surface area (Å²) in [6.07, 6.45) is 3.55. The molecule has 1 aromatic heterocycles. The highest BCUT2D eigenvalue weighted by Gasteiger charge is 2.15. The van der Waals surface area contributed by atoms with Crippen molar-refractivity contribution in [3.63, 3.8) is 0 Å². The van der Waals surface area contributed by atoms with Crippen LogP contribution in [0.25, 0.3) is 11.3 Å². The zero-order valence-electron chi connectivity index (χ0n) is 16.1. The number of rotatable bonds is 6. The molecule has 1 fully saturated rings. The minimum atomic E-state index is 0. The number of hydrogen-bond donors (Lipinski definition) is 1. The fourth-order valence-corrected chi connectivity index (χ4v) is 3.93. The quantitative estimate of drug-likeness (QED) is 0.366. The van der Waals surface area contributed by atoms with Crippen LogP contribution >= 0.6 is 35.3 Å². The second-order valence-corrected chi connectivity index (χ2v) is 7.60. The molecule has 148 valence electrons. The molecule has 0 aliphatic carbocycles. The predicted molar refractivity (Wildman–Crippen MR) is 124 cm³/mol. The first-order valence-corrected chi connectivity index (χ1v) is 10.1. The molecule has 5 nitrogen and oxygen atoms in total. The maximum absolute atomic E-state index is 5.44. The third-order valence-electron chi connectivity index (χ3n) is 4.81. The molecule has 2 aromatic rings. The Labute approximate surface area is 183 Å². The van der Waals surface area contributed by atoms with Crippen LogP contribution in [-0.2, 0) is 11.3 Å². The molecule has 1 aliphatic heterocycles. The van der Waals surface area contributed by atoms with Crippen molar-refractivity contribution in [1.82, 2.24) is 15.2 Å². The summed E-state index contributed by atoms with van der Waals surface area (Å²) in [5.74, 6) is 1.70. The molecule has 0 amide bonds. The normalized spacial score (nSPS) is 15.3. The van der Waals surface area contributed by atoms with E-state index in [9.17, 15) is 0 Å². The summed E-state index contributed by atoms with van der Waals surface area (Å²) >= 11 is 1.68. The highest BCUT2D eigenvalue weighted by molar-refractivity contribution is 14.0. The Hall–Kier alpha value is -1.19. The van der Waals surface area contributed by atoms with Crippen LogP contribution in [0.3, 0.4) is 0 Å². The van der Waals surface area contributed by atoms with E-state index in [-0.39, 0.29) is 24.0 Å². The lowest BCUT2D eigenvalue weighted by molar-refractivity contribution is 0.0625. The van der Waals surface area contributed by atoms with Crippen molar-refractivity contribution in [2.45, 2.75) is 25.8 Å². The second kappa shape index (κ2) is 11.6. The summed E-state index contributed by atoms with van der Waals surface area (Å²) in [5.41, 5.74) is 2.20. The van der Waals surface area contributed by atoms with E-state index >= 15 is 0 Å². The van der Waals surface area contributed by atoms with Crippen LogP contribution in [0.1, 0.15) is 24.3 Å². The fourth-order valence-electron chi connectivity index (χ4n) is 3.19. The number of ether oxygens (including phenoxy) is 1. The van der Waals surface area contributed by atoms with Gasteiger partial charge in [-0.3, -0.25) is 4.99 Å². The van der Waals surface area contributed by atoms with Crippen LogP contribution in [0, 0.1) is 5.92 Å². The van der Waals surface area contributed by atoms with E-state index in [4.69, 9.17) is 9.72 Å². The lowest BCUT2D eigenvalue weighted by atomic mass is 9.96. The lowest BCUT2D eigenvalue weighted by Crippen LogP contribution is -2.39. The van der Waals surface area contributed by atoms with Crippen molar-refractivity contribution in [1.29, 1.82) is 0 Å². The number of guanidine groups is 1. The maximum Gasteiger partial charge on any atom is 0.193 e. The van der Waals surface area contributed by atoms with E-state index < -0.39 is 0 Å². The van der Waals surface area contributed by atoms with Gasteiger partial charge in [-0.15, -0.1) is 35.3 Å². The van der Waals surface area contributed by atoms with Gasteiger partial charge in [-0.25, -0.2) is 4.98 Å². The first-order valence-electron chi connectivity index (χ1n) is 9.25. The van der Waals surface area contributed by atoms with Crippen LogP contribution in [0.4, 0.5) is 0 Å². The molecule has 3 rings (SSSR count). The number of nitrogens with zero attached hydrogens (tertiary/aromatic N) is 3. The van der Waals surface area contributed by atoms with Crippen LogP contribution in [0.15, 0.2) is 40.7 Å². The Morgan fingerprint density at radius 2 is 2.04 bits per heavy atom. The Kier molecular flexibility index (Phi) is 9.50. The molecule has 0 atom stereocenters. The first-order chi connectivity index (χ1) is 12.8. The summed E-state index contributed by atoms with van der Waals surface area (Å²) in [5, 5.41) is 6.62. The smallest absolute Gasteiger partial charge is 0.193 e. The van der Waals surface area contributed by atoms with Gasteiger partial charge in [0.1, 0.15) is 5.01 Å². The fraction of sp³-hybridized carbons (Fsp3) is 0.500. The van der Waals surface area contributed by atoms with E-state index in [1.807, 2.05) is 25.2 Å². The number of thiazole rings is 1. The summed E-state index contributed by atoms with van der Waals surface area (Å²) < 4.78 is 5.44. The molecule has 27 heavy (non-hydrogen) atoms.